The van der Waals surface area contributed by atoms with Crippen LogP contribution >= 0.6 is 33.9 Å². The maximum absolute atomic E-state index is 2.59. The fourth-order valence-electron chi connectivity index (χ4n) is 1.71. The SMILES string of the molecule is CC1(I)CCCc2sccc21. The van der Waals surface area contributed by atoms with Crippen molar-refractivity contribution >= 4 is 33.9 Å². The first kappa shape index (κ1) is 8.05. The minimum Gasteiger partial charge on any atom is -0.149 e. The highest BCUT2D eigenvalue weighted by Gasteiger charge is 2.29. The molecule has 0 fully saturated rings. The quantitative estimate of drug-likeness (QED) is 0.501. The van der Waals surface area contributed by atoms with Gasteiger partial charge in [-0.1, -0.05) is 22.6 Å². The Morgan fingerprint density at radius 1 is 1.64 bits per heavy atom. The standard InChI is InChI=1S/C9H11IS/c1-9(10)5-2-3-8-7(9)4-6-11-8/h4,6H,2-3,5H2,1H3. The van der Waals surface area contributed by atoms with E-state index in [1.807, 2.05) is 11.3 Å². The molecule has 0 aliphatic heterocycles. The van der Waals surface area contributed by atoms with Crippen LogP contribution in [0.25, 0.3) is 0 Å². The first-order valence-electron chi connectivity index (χ1n) is 3.96. The van der Waals surface area contributed by atoms with Gasteiger partial charge in [-0.05, 0) is 43.2 Å². The highest BCUT2D eigenvalue weighted by atomic mass is 127. The summed E-state index contributed by atoms with van der Waals surface area (Å²) in [5, 5.41) is 2.23. The first-order valence-corrected chi connectivity index (χ1v) is 5.92. The van der Waals surface area contributed by atoms with Gasteiger partial charge in [0.1, 0.15) is 0 Å². The molecule has 11 heavy (non-hydrogen) atoms. The lowest BCUT2D eigenvalue weighted by Gasteiger charge is -2.27. The van der Waals surface area contributed by atoms with Crippen LogP contribution in [0.15, 0.2) is 11.4 Å². The summed E-state index contributed by atoms with van der Waals surface area (Å²) in [6, 6.07) is 2.30. The largest absolute Gasteiger partial charge is 0.149 e. The van der Waals surface area contributed by atoms with Crippen LogP contribution in [0.3, 0.4) is 0 Å². The molecule has 0 nitrogen and oxygen atoms in total. The van der Waals surface area contributed by atoms with Gasteiger partial charge in [0.25, 0.3) is 0 Å². The molecular weight excluding hydrogens is 267 g/mol. The lowest BCUT2D eigenvalue weighted by molar-refractivity contribution is 0.576. The summed E-state index contributed by atoms with van der Waals surface area (Å²) in [5.74, 6) is 0. The monoisotopic (exact) mass is 278 g/mol. The molecule has 1 aromatic rings. The van der Waals surface area contributed by atoms with E-state index in [1.54, 1.807) is 10.4 Å². The van der Waals surface area contributed by atoms with Crippen LogP contribution in [0.5, 0.6) is 0 Å². The van der Waals surface area contributed by atoms with Crippen molar-refractivity contribution in [3.63, 3.8) is 0 Å². The summed E-state index contributed by atoms with van der Waals surface area (Å²) in [7, 11) is 0. The highest BCUT2D eigenvalue weighted by Crippen LogP contribution is 2.44. The third-order valence-electron chi connectivity index (χ3n) is 2.36. The molecule has 0 radical (unpaired) electrons. The number of hydrogen-bond acceptors (Lipinski definition) is 1. The smallest absolute Gasteiger partial charge is 0.0453 e. The van der Waals surface area contributed by atoms with Gasteiger partial charge in [0.05, 0.1) is 0 Å². The molecule has 1 aromatic heterocycles. The minimum atomic E-state index is 0.422. The first-order chi connectivity index (χ1) is 5.20. The predicted molar refractivity (Wildman–Crippen MR) is 58.6 cm³/mol. The van der Waals surface area contributed by atoms with Crippen LogP contribution in [-0.4, -0.2) is 0 Å². The third kappa shape index (κ3) is 1.35. The maximum atomic E-state index is 2.59. The average Bonchev–Trinajstić information content (AvgIpc) is 2.34. The molecular formula is C9H11IS. The van der Waals surface area contributed by atoms with E-state index in [9.17, 15) is 0 Å². The summed E-state index contributed by atoms with van der Waals surface area (Å²) in [6.07, 6.45) is 4.02. The highest BCUT2D eigenvalue weighted by molar-refractivity contribution is 14.1. The Hall–Kier alpha value is 0.430. The molecule has 0 saturated carbocycles. The Kier molecular flexibility index (Phi) is 2.00. The van der Waals surface area contributed by atoms with Crippen molar-refractivity contribution in [1.82, 2.24) is 0 Å². The Morgan fingerprint density at radius 3 is 3.18 bits per heavy atom. The number of hydrogen-bond donors (Lipinski definition) is 0. The van der Waals surface area contributed by atoms with Gasteiger partial charge in [0.2, 0.25) is 0 Å². The van der Waals surface area contributed by atoms with Crippen molar-refractivity contribution in [2.45, 2.75) is 29.6 Å². The van der Waals surface area contributed by atoms with Crippen LogP contribution in [-0.2, 0) is 9.84 Å². The number of aryl methyl sites for hydroxylation is 1. The van der Waals surface area contributed by atoms with E-state index in [-0.39, 0.29) is 0 Å². The van der Waals surface area contributed by atoms with Crippen molar-refractivity contribution < 1.29 is 0 Å². The molecule has 0 saturated heterocycles. The van der Waals surface area contributed by atoms with E-state index in [0.717, 1.165) is 0 Å². The van der Waals surface area contributed by atoms with E-state index in [0.29, 0.717) is 3.42 Å². The summed E-state index contributed by atoms with van der Waals surface area (Å²) in [4.78, 5) is 1.62. The van der Waals surface area contributed by atoms with Gasteiger partial charge in [0, 0.05) is 8.30 Å². The minimum absolute atomic E-state index is 0.422. The van der Waals surface area contributed by atoms with Crippen LogP contribution in [0.1, 0.15) is 30.2 Å². The zero-order chi connectivity index (χ0) is 7.90. The molecule has 1 atom stereocenters. The van der Waals surface area contributed by atoms with Crippen molar-refractivity contribution in [2.24, 2.45) is 0 Å². The van der Waals surface area contributed by atoms with Gasteiger partial charge in [0.15, 0.2) is 0 Å². The van der Waals surface area contributed by atoms with Gasteiger partial charge < -0.3 is 0 Å². The molecule has 0 bridgehead atoms. The zero-order valence-electron chi connectivity index (χ0n) is 6.56. The summed E-state index contributed by atoms with van der Waals surface area (Å²) >= 11 is 4.51. The van der Waals surface area contributed by atoms with Gasteiger partial charge in [-0.15, -0.1) is 11.3 Å². The van der Waals surface area contributed by atoms with Gasteiger partial charge >= 0.3 is 0 Å². The molecule has 2 rings (SSSR count). The molecule has 0 N–H and O–H groups in total. The second-order valence-electron chi connectivity index (χ2n) is 3.31. The molecule has 0 aromatic carbocycles. The average molecular weight is 278 g/mol. The molecule has 1 unspecified atom stereocenters. The fourth-order valence-corrected chi connectivity index (χ4v) is 3.83. The van der Waals surface area contributed by atoms with Crippen LogP contribution < -0.4 is 0 Å². The van der Waals surface area contributed by atoms with Gasteiger partial charge in [-0.3, -0.25) is 0 Å². The number of halogens is 1. The molecule has 1 aliphatic rings. The van der Waals surface area contributed by atoms with E-state index < -0.39 is 0 Å². The van der Waals surface area contributed by atoms with Crippen molar-refractivity contribution in [1.29, 1.82) is 0 Å². The number of alkyl halides is 1. The van der Waals surface area contributed by atoms with E-state index >= 15 is 0 Å². The molecule has 1 aliphatic carbocycles. The van der Waals surface area contributed by atoms with E-state index in [1.165, 1.54) is 19.3 Å². The molecule has 0 amide bonds. The summed E-state index contributed by atoms with van der Waals surface area (Å²) < 4.78 is 0.422. The van der Waals surface area contributed by atoms with E-state index in [4.69, 9.17) is 0 Å². The molecule has 2 heteroatoms. The number of thiophene rings is 1. The lowest BCUT2D eigenvalue weighted by Crippen LogP contribution is -2.18. The Balaban J connectivity index is 2.48. The van der Waals surface area contributed by atoms with E-state index in [2.05, 4.69) is 41.0 Å². The number of fused-ring (bicyclic) bond motifs is 1. The van der Waals surface area contributed by atoms with Crippen LogP contribution in [0.4, 0.5) is 0 Å². The Bertz CT molecular complexity index is 262. The topological polar surface area (TPSA) is 0 Å². The zero-order valence-corrected chi connectivity index (χ0v) is 9.54. The second kappa shape index (κ2) is 2.73. The van der Waals surface area contributed by atoms with Crippen molar-refractivity contribution in [3.8, 4) is 0 Å². The summed E-state index contributed by atoms with van der Waals surface area (Å²) in [6.45, 7) is 2.35. The van der Waals surface area contributed by atoms with Crippen LogP contribution in [0.2, 0.25) is 0 Å². The van der Waals surface area contributed by atoms with Crippen LogP contribution in [0, 0.1) is 0 Å². The predicted octanol–water partition coefficient (Wildman–Crippen LogP) is 3.73. The maximum Gasteiger partial charge on any atom is 0.0453 e. The van der Waals surface area contributed by atoms with Crippen molar-refractivity contribution in [2.75, 3.05) is 0 Å². The van der Waals surface area contributed by atoms with Gasteiger partial charge in [-0.2, -0.15) is 0 Å². The number of rotatable bonds is 0. The molecule has 0 spiro atoms. The molecule has 1 heterocycles. The Labute approximate surface area is 85.2 Å². The lowest BCUT2D eigenvalue weighted by atomic mass is 9.89. The Morgan fingerprint density at radius 2 is 2.45 bits per heavy atom. The van der Waals surface area contributed by atoms with Crippen molar-refractivity contribution in [3.05, 3.63) is 21.9 Å². The summed E-state index contributed by atoms with van der Waals surface area (Å²) in [5.41, 5.74) is 1.59. The van der Waals surface area contributed by atoms with Gasteiger partial charge in [-0.25, -0.2) is 0 Å². The normalized spacial score (nSPS) is 30.0. The molecule has 60 valence electrons. The third-order valence-corrected chi connectivity index (χ3v) is 4.46. The second-order valence-corrected chi connectivity index (χ2v) is 6.69. The fraction of sp³-hybridized carbons (Fsp3) is 0.556.